The molecule has 4 heteroatoms. The highest BCUT2D eigenvalue weighted by Gasteiger charge is 2.11. The number of hydrogen-bond acceptors (Lipinski definition) is 2. The van der Waals surface area contributed by atoms with E-state index in [9.17, 15) is 4.79 Å². The highest BCUT2D eigenvalue weighted by molar-refractivity contribution is 5.73. The van der Waals surface area contributed by atoms with Gasteiger partial charge in [-0.15, -0.1) is 0 Å². The van der Waals surface area contributed by atoms with Crippen molar-refractivity contribution in [2.45, 2.75) is 39.7 Å². The first-order chi connectivity index (χ1) is 7.50. The Labute approximate surface area is 94.3 Å². The van der Waals surface area contributed by atoms with Gasteiger partial charge < -0.3 is 9.55 Å². The van der Waals surface area contributed by atoms with Crippen LogP contribution in [0.3, 0.4) is 0 Å². The summed E-state index contributed by atoms with van der Waals surface area (Å²) in [6, 6.07) is 2.08. The molecule has 0 spiro atoms. The Hall–Kier alpha value is -1.58. The number of nitrogens with zero attached hydrogens (tertiary/aromatic N) is 2. The van der Waals surface area contributed by atoms with E-state index in [1.807, 2.05) is 26.1 Å². The molecule has 1 N–H and O–H groups in total. The van der Waals surface area contributed by atoms with Crippen molar-refractivity contribution in [3.05, 3.63) is 28.4 Å². The van der Waals surface area contributed by atoms with Crippen molar-refractivity contribution in [3.63, 3.8) is 0 Å². The lowest BCUT2D eigenvalue weighted by atomic mass is 10.2. The van der Waals surface area contributed by atoms with Crippen molar-refractivity contribution in [3.8, 4) is 0 Å². The highest BCUT2D eigenvalue weighted by Crippen LogP contribution is 2.14. The normalized spacial score (nSPS) is 11.9. The Bertz CT molecular complexity index is 563. The van der Waals surface area contributed by atoms with Gasteiger partial charge in [-0.3, -0.25) is 4.79 Å². The van der Waals surface area contributed by atoms with Crippen molar-refractivity contribution in [1.82, 2.24) is 14.5 Å². The number of pyridine rings is 1. The van der Waals surface area contributed by atoms with Crippen LogP contribution in [-0.4, -0.2) is 14.5 Å². The van der Waals surface area contributed by atoms with Crippen LogP contribution in [0.1, 0.15) is 45.5 Å². The number of nitrogens with one attached hydrogen (secondary N) is 1. The summed E-state index contributed by atoms with van der Waals surface area (Å²) in [6.45, 7) is 8.09. The average Bonchev–Trinajstić information content (AvgIpc) is 2.62. The van der Waals surface area contributed by atoms with Crippen molar-refractivity contribution >= 4 is 11.0 Å². The predicted molar refractivity (Wildman–Crippen MR) is 64.8 cm³/mol. The van der Waals surface area contributed by atoms with Gasteiger partial charge in [-0.05, 0) is 19.9 Å². The summed E-state index contributed by atoms with van der Waals surface area (Å²) in [5.41, 5.74) is 1.35. The second-order valence-corrected chi connectivity index (χ2v) is 4.66. The quantitative estimate of drug-likeness (QED) is 0.843. The van der Waals surface area contributed by atoms with Gasteiger partial charge in [0.2, 0.25) is 0 Å². The molecule has 2 heterocycles. The summed E-state index contributed by atoms with van der Waals surface area (Å²) in [6.07, 6.45) is 1.82. The molecule has 0 bridgehead atoms. The minimum atomic E-state index is -0.0179. The number of imidazole rings is 1. The summed E-state index contributed by atoms with van der Waals surface area (Å²) in [5.74, 6) is 1.17. The third-order valence-corrected chi connectivity index (χ3v) is 2.69. The first-order valence-electron chi connectivity index (χ1n) is 5.61. The molecule has 0 aliphatic carbocycles. The maximum atomic E-state index is 12.1. The van der Waals surface area contributed by atoms with E-state index in [4.69, 9.17) is 0 Å². The molecule has 0 fully saturated rings. The van der Waals surface area contributed by atoms with Gasteiger partial charge in [0, 0.05) is 18.2 Å². The minimum absolute atomic E-state index is 0.0179. The second-order valence-electron chi connectivity index (χ2n) is 4.66. The van der Waals surface area contributed by atoms with E-state index < -0.39 is 0 Å². The van der Waals surface area contributed by atoms with Gasteiger partial charge >= 0.3 is 0 Å². The van der Waals surface area contributed by atoms with E-state index in [1.54, 1.807) is 4.57 Å². The molecule has 0 amide bonds. The SMILES string of the molecule is CC(C)c1nc2c(=O)n(C(C)C)ccc2[nH]1. The zero-order chi connectivity index (χ0) is 11.9. The number of aromatic nitrogens is 3. The zero-order valence-electron chi connectivity index (χ0n) is 10.1. The van der Waals surface area contributed by atoms with Gasteiger partial charge in [-0.2, -0.15) is 0 Å². The summed E-state index contributed by atoms with van der Waals surface area (Å²) < 4.78 is 1.70. The van der Waals surface area contributed by atoms with Crippen LogP contribution in [0.5, 0.6) is 0 Å². The molecule has 0 radical (unpaired) electrons. The molecule has 2 aromatic heterocycles. The Kier molecular flexibility index (Phi) is 2.58. The van der Waals surface area contributed by atoms with Crippen molar-refractivity contribution < 1.29 is 0 Å². The van der Waals surface area contributed by atoms with E-state index >= 15 is 0 Å². The largest absolute Gasteiger partial charge is 0.342 e. The van der Waals surface area contributed by atoms with Crippen molar-refractivity contribution in [2.75, 3.05) is 0 Å². The molecule has 2 aromatic rings. The van der Waals surface area contributed by atoms with E-state index in [1.165, 1.54) is 0 Å². The van der Waals surface area contributed by atoms with E-state index in [2.05, 4.69) is 23.8 Å². The molecule has 16 heavy (non-hydrogen) atoms. The first-order valence-corrected chi connectivity index (χ1v) is 5.61. The van der Waals surface area contributed by atoms with Crippen LogP contribution in [0.2, 0.25) is 0 Å². The molecular weight excluding hydrogens is 202 g/mol. The number of hydrogen-bond donors (Lipinski definition) is 1. The summed E-state index contributed by atoms with van der Waals surface area (Å²) in [4.78, 5) is 19.6. The molecule has 0 aromatic carbocycles. The van der Waals surface area contributed by atoms with Gasteiger partial charge in [-0.1, -0.05) is 13.8 Å². The maximum Gasteiger partial charge on any atom is 0.278 e. The van der Waals surface area contributed by atoms with Crippen molar-refractivity contribution in [1.29, 1.82) is 0 Å². The average molecular weight is 219 g/mol. The van der Waals surface area contributed by atoms with Crippen LogP contribution in [-0.2, 0) is 0 Å². The third kappa shape index (κ3) is 1.64. The molecular formula is C12H17N3O. The number of fused-ring (bicyclic) bond motifs is 1. The lowest BCUT2D eigenvalue weighted by molar-refractivity contribution is 0.582. The van der Waals surface area contributed by atoms with Crippen LogP contribution >= 0.6 is 0 Å². The van der Waals surface area contributed by atoms with E-state index in [-0.39, 0.29) is 11.6 Å². The molecule has 86 valence electrons. The van der Waals surface area contributed by atoms with Gasteiger partial charge in [0.15, 0.2) is 5.52 Å². The fourth-order valence-electron chi connectivity index (χ4n) is 1.71. The highest BCUT2D eigenvalue weighted by atomic mass is 16.1. The molecule has 0 unspecified atom stereocenters. The van der Waals surface area contributed by atoms with Gasteiger partial charge in [0.25, 0.3) is 5.56 Å². The van der Waals surface area contributed by atoms with Gasteiger partial charge in [0.1, 0.15) is 5.82 Å². The topological polar surface area (TPSA) is 50.7 Å². The smallest absolute Gasteiger partial charge is 0.278 e. The van der Waals surface area contributed by atoms with Crippen molar-refractivity contribution in [2.24, 2.45) is 0 Å². The zero-order valence-corrected chi connectivity index (χ0v) is 10.1. The maximum absolute atomic E-state index is 12.1. The molecule has 0 aliphatic heterocycles. The summed E-state index contributed by atoms with van der Waals surface area (Å²) >= 11 is 0. The minimum Gasteiger partial charge on any atom is -0.342 e. The third-order valence-electron chi connectivity index (χ3n) is 2.69. The van der Waals surface area contributed by atoms with Crippen LogP contribution in [0.4, 0.5) is 0 Å². The molecule has 0 saturated carbocycles. The fourth-order valence-corrected chi connectivity index (χ4v) is 1.71. The number of aromatic amines is 1. The summed E-state index contributed by atoms with van der Waals surface area (Å²) in [7, 11) is 0. The molecule has 0 saturated heterocycles. The van der Waals surface area contributed by atoms with Crippen LogP contribution in [0.25, 0.3) is 11.0 Å². The van der Waals surface area contributed by atoms with Gasteiger partial charge in [-0.25, -0.2) is 4.98 Å². The Morgan fingerprint density at radius 1 is 1.31 bits per heavy atom. The van der Waals surface area contributed by atoms with Crippen LogP contribution in [0.15, 0.2) is 17.1 Å². The van der Waals surface area contributed by atoms with E-state index in [0.717, 1.165) is 11.3 Å². The van der Waals surface area contributed by atoms with Crippen LogP contribution in [0, 0.1) is 0 Å². The first kappa shape index (κ1) is 10.9. The van der Waals surface area contributed by atoms with E-state index in [0.29, 0.717) is 11.4 Å². The van der Waals surface area contributed by atoms with Gasteiger partial charge in [0.05, 0.1) is 5.52 Å². The lowest BCUT2D eigenvalue weighted by Crippen LogP contribution is -2.21. The Morgan fingerprint density at radius 3 is 2.56 bits per heavy atom. The second kappa shape index (κ2) is 3.77. The molecule has 0 aliphatic rings. The molecule has 2 rings (SSSR count). The Balaban J connectivity index is 2.70. The predicted octanol–water partition coefficient (Wildman–Crippen LogP) is 2.43. The number of rotatable bonds is 2. The molecule has 4 nitrogen and oxygen atoms in total. The summed E-state index contributed by atoms with van der Waals surface area (Å²) in [5, 5.41) is 0. The standard InChI is InChI=1S/C12H17N3O/c1-7(2)11-13-9-5-6-15(8(3)4)12(16)10(9)14-11/h5-8H,1-4H3,(H,13,14). The lowest BCUT2D eigenvalue weighted by Gasteiger charge is -2.07. The Morgan fingerprint density at radius 2 is 2.00 bits per heavy atom. The molecule has 0 atom stereocenters. The fraction of sp³-hybridized carbons (Fsp3) is 0.500. The number of H-pyrrole nitrogens is 1. The van der Waals surface area contributed by atoms with Crippen LogP contribution < -0.4 is 5.56 Å². The monoisotopic (exact) mass is 219 g/mol.